The molecule has 3 aromatic carbocycles. The molecule has 7 saturated heterocycles. The first kappa shape index (κ1) is 87.4. The maximum Gasteiger partial charge on any atom is 3.00 e. The number of nitrogens with zero attached hydrogens (tertiary/aromatic N) is 12. The molecule has 0 aliphatic carbocycles. The van der Waals surface area contributed by atoms with Crippen LogP contribution >= 0.6 is 0 Å². The van der Waals surface area contributed by atoms with Gasteiger partial charge in [-0.05, 0) is 201 Å². The Kier molecular flexibility index (Phi) is 46.9. The van der Waals surface area contributed by atoms with Crippen LogP contribution in [0, 0.1) is 122 Å². The van der Waals surface area contributed by atoms with Crippen LogP contribution in [0.15, 0.2) is 176 Å². The predicted molar refractivity (Wildman–Crippen MR) is 410 cm³/mol. The van der Waals surface area contributed by atoms with Crippen molar-refractivity contribution in [3.05, 3.63) is 214 Å². The number of rotatable bonds is 12. The molecule has 0 atom stereocenters. The van der Waals surface area contributed by atoms with E-state index in [2.05, 4.69) is 101 Å². The van der Waals surface area contributed by atoms with Crippen molar-refractivity contribution in [1.29, 1.82) is 0 Å². The minimum atomic E-state index is 0. The molecule has 7 fully saturated rings. The number of aliphatic imine (C=N–C) groups is 6. The van der Waals surface area contributed by atoms with Crippen molar-refractivity contribution >= 4 is 71.4 Å². The van der Waals surface area contributed by atoms with Gasteiger partial charge in [0.1, 0.15) is 0 Å². The Labute approximate surface area is 676 Å². The number of ether oxygens (including phenoxy) is 7. The second-order valence-electron chi connectivity index (χ2n) is 24.4. The quantitative estimate of drug-likeness (QED) is 0.104. The first-order valence-electron chi connectivity index (χ1n) is 35.8. The molecule has 7 aliphatic rings. The van der Waals surface area contributed by atoms with Crippen molar-refractivity contribution in [3.8, 4) is 0 Å². The molecule has 0 bridgehead atoms. The standard InChI is InChI=1S/3C18H16N4.7C4H8O.2Sm/c3*1-13-9-17(21-11-15-5-3-7-19-15)18(10-14(13)2)22-12-16-6-4-8-20-16;7*1-2-4-5-3-1;;/h3*3-12H,1-2H3;7*1-4H2;;/q3*-2;;;;;;;;2*+3. The van der Waals surface area contributed by atoms with Crippen LogP contribution in [-0.2, 0) is 33.2 Å². The van der Waals surface area contributed by atoms with Crippen LogP contribution in [-0.4, -0.2) is 130 Å². The summed E-state index contributed by atoms with van der Waals surface area (Å²) in [4.78, 5) is 52.3. The van der Waals surface area contributed by atoms with Gasteiger partial charge in [-0.25, -0.2) is 0 Å². The normalized spacial score (nSPS) is 15.7. The van der Waals surface area contributed by atoms with Crippen LogP contribution in [0.25, 0.3) is 0 Å². The van der Waals surface area contributed by atoms with Gasteiger partial charge in [-0.3, -0.25) is 30.0 Å². The molecule has 0 spiro atoms. The van der Waals surface area contributed by atoms with E-state index in [9.17, 15) is 0 Å². The molecule has 546 valence electrons. The molecule has 9 aromatic rings. The Morgan fingerprint density at radius 1 is 0.223 bits per heavy atom. The molecule has 0 saturated carbocycles. The summed E-state index contributed by atoms with van der Waals surface area (Å²) < 4.78 is 34.6. The van der Waals surface area contributed by atoms with E-state index in [1.165, 1.54) is 123 Å². The van der Waals surface area contributed by atoms with E-state index in [4.69, 9.17) is 33.2 Å². The monoisotopic (exact) mass is 1670 g/mol. The molecule has 16 rings (SSSR count). The molecule has 103 heavy (non-hydrogen) atoms. The van der Waals surface area contributed by atoms with E-state index >= 15 is 0 Å². The van der Waals surface area contributed by atoms with Gasteiger partial charge in [-0.1, -0.05) is 72.8 Å². The van der Waals surface area contributed by atoms with Crippen LogP contribution < -0.4 is 29.9 Å². The fourth-order valence-corrected chi connectivity index (χ4v) is 9.70. The third kappa shape index (κ3) is 38.0. The second kappa shape index (κ2) is 55.2. The molecule has 6 aromatic heterocycles. The van der Waals surface area contributed by atoms with Gasteiger partial charge >= 0.3 is 80.8 Å². The summed E-state index contributed by atoms with van der Waals surface area (Å²) in [7, 11) is 0. The van der Waals surface area contributed by atoms with E-state index in [1.54, 1.807) is 74.5 Å². The summed E-state index contributed by atoms with van der Waals surface area (Å²) in [5, 5.41) is 0. The maximum absolute atomic E-state index is 4.94. The second-order valence-corrected chi connectivity index (χ2v) is 24.4. The summed E-state index contributed by atoms with van der Waals surface area (Å²) >= 11 is 0. The van der Waals surface area contributed by atoms with Crippen molar-refractivity contribution in [2.24, 2.45) is 30.0 Å². The van der Waals surface area contributed by atoms with Gasteiger partial charge in [-0.2, -0.15) is 37.2 Å². The minimum absolute atomic E-state index is 0. The van der Waals surface area contributed by atoms with Crippen molar-refractivity contribution in [2.45, 2.75) is 131 Å². The molecular weight excluding hydrogens is 1570 g/mol. The van der Waals surface area contributed by atoms with Gasteiger partial charge in [0.15, 0.2) is 0 Å². The summed E-state index contributed by atoms with van der Waals surface area (Å²) in [6.07, 6.45) is 38.9. The molecule has 2 radical (unpaired) electrons. The number of benzene rings is 3. The molecule has 7 aliphatic heterocycles. The maximum atomic E-state index is 4.94. The molecular formula is C82H104N12O7Sm2. The number of hydrogen-bond acceptors (Lipinski definition) is 13. The fourth-order valence-electron chi connectivity index (χ4n) is 9.70. The summed E-state index contributed by atoms with van der Waals surface area (Å²) in [6.45, 7) is 26.4. The third-order valence-corrected chi connectivity index (χ3v) is 16.0. The Balaban J connectivity index is 0.000000222. The van der Waals surface area contributed by atoms with Crippen LogP contribution in [0.2, 0.25) is 0 Å². The number of hydrogen-bond donors (Lipinski definition) is 0. The Bertz CT molecular complexity index is 3030. The summed E-state index contributed by atoms with van der Waals surface area (Å²) in [5.41, 5.74) is 17.1. The van der Waals surface area contributed by atoms with E-state index < -0.39 is 0 Å². The van der Waals surface area contributed by atoms with Gasteiger partial charge in [-0.15, -0.1) is 34.2 Å². The van der Waals surface area contributed by atoms with Crippen LogP contribution in [0.1, 0.15) is 157 Å². The molecule has 0 amide bonds. The number of aromatic nitrogens is 6. The van der Waals surface area contributed by atoms with Crippen molar-refractivity contribution < 1.29 is 114 Å². The van der Waals surface area contributed by atoms with Gasteiger partial charge in [0.2, 0.25) is 0 Å². The zero-order chi connectivity index (χ0) is 70.8. The third-order valence-electron chi connectivity index (χ3n) is 16.0. The predicted octanol–water partition coefficient (Wildman–Crippen LogP) is 16.7. The summed E-state index contributed by atoms with van der Waals surface area (Å²) in [6, 6.07) is 35.1. The van der Waals surface area contributed by atoms with E-state index in [0.29, 0.717) is 0 Å². The van der Waals surface area contributed by atoms with Crippen molar-refractivity contribution in [2.75, 3.05) is 92.5 Å². The average molecular weight is 1670 g/mol. The largest absolute Gasteiger partial charge is 3.00 e. The summed E-state index contributed by atoms with van der Waals surface area (Å²) in [5.74, 6) is 0. The van der Waals surface area contributed by atoms with Gasteiger partial charge < -0.3 is 63.1 Å². The van der Waals surface area contributed by atoms with Gasteiger partial charge in [0.05, 0.1) is 34.1 Å². The zero-order valence-electron chi connectivity index (χ0n) is 61.2. The Morgan fingerprint density at radius 3 is 0.437 bits per heavy atom. The SMILES string of the molecule is C1CCOC1.C1CCOC1.C1CCOC1.C1CCOC1.C1CCOC1.C1CCOC1.C1CCOC1.Cc1cc(N=Cc2ccc[n-]2)c(N=Cc2ccc[n-]2)cc1C.Cc1cc(N=Cc2ccc[n-]2)c(N=Cc2ccc[n-]2)cc1C.Cc1cc(N=Cc2ccc[n-]2)c(N=Cc2ccc[n-]2)cc1C.[Sm+3].[Sm+3]. The van der Waals surface area contributed by atoms with E-state index in [-0.39, 0.29) is 80.8 Å². The van der Waals surface area contributed by atoms with Crippen LogP contribution in [0.3, 0.4) is 0 Å². The Hall–Kier alpha value is -6.24. The first-order valence-corrected chi connectivity index (χ1v) is 35.8. The van der Waals surface area contributed by atoms with Crippen LogP contribution in [0.4, 0.5) is 34.1 Å². The van der Waals surface area contributed by atoms with E-state index in [1.807, 2.05) is 109 Å². The Morgan fingerprint density at radius 2 is 0.350 bits per heavy atom. The zero-order valence-corrected chi connectivity index (χ0v) is 66.4. The molecule has 13 heterocycles. The smallest absolute Gasteiger partial charge is 0.663 e. The molecule has 19 nitrogen and oxygen atoms in total. The van der Waals surface area contributed by atoms with Gasteiger partial charge in [0.25, 0.3) is 0 Å². The topological polar surface area (TPSA) is 223 Å². The molecule has 0 N–H and O–H groups in total. The minimum Gasteiger partial charge on any atom is -0.663 e. The van der Waals surface area contributed by atoms with Crippen molar-refractivity contribution in [1.82, 2.24) is 29.9 Å². The van der Waals surface area contributed by atoms with Gasteiger partial charge in [0, 0.05) is 130 Å². The average Bonchev–Trinajstić information content (AvgIpc) is 1.13. The molecule has 0 unspecified atom stereocenters. The van der Waals surface area contributed by atoms with Crippen LogP contribution in [0.5, 0.6) is 0 Å². The first-order chi connectivity index (χ1) is 49.7. The van der Waals surface area contributed by atoms with E-state index in [0.717, 1.165) is 161 Å². The molecule has 21 heteroatoms. The number of aryl methyl sites for hydroxylation is 6. The fraction of sp³-hybridized carbons (Fsp3) is 0.415. The van der Waals surface area contributed by atoms with Crippen molar-refractivity contribution in [3.63, 3.8) is 0 Å².